The number of hydrogen-bond donors (Lipinski definition) is 1. The molecule has 3 heteroatoms. The molecule has 0 spiro atoms. The first kappa shape index (κ1) is 15.4. The van der Waals surface area contributed by atoms with Crippen molar-refractivity contribution in [2.45, 2.75) is 26.8 Å². The maximum absolute atomic E-state index is 5.98. The molecule has 0 saturated carbocycles. The van der Waals surface area contributed by atoms with Crippen LogP contribution in [0.15, 0.2) is 46.9 Å². The molecule has 1 nitrogen and oxygen atoms in total. The molecule has 2 rings (SSSR count). The van der Waals surface area contributed by atoms with E-state index in [9.17, 15) is 0 Å². The molecule has 106 valence electrons. The molecule has 0 unspecified atom stereocenters. The largest absolute Gasteiger partial charge is 0.381 e. The minimum atomic E-state index is 0.699. The first-order chi connectivity index (χ1) is 9.54. The Morgan fingerprint density at radius 2 is 1.70 bits per heavy atom. The van der Waals surface area contributed by atoms with Gasteiger partial charge >= 0.3 is 0 Å². The van der Waals surface area contributed by atoms with Gasteiger partial charge in [0.2, 0.25) is 0 Å². The molecule has 2 aromatic rings. The fourth-order valence-electron chi connectivity index (χ4n) is 2.07. The van der Waals surface area contributed by atoms with Crippen LogP contribution in [0, 0.1) is 5.92 Å². The van der Waals surface area contributed by atoms with Crippen LogP contribution < -0.4 is 5.32 Å². The summed E-state index contributed by atoms with van der Waals surface area (Å²) in [6, 6.07) is 14.7. The lowest BCUT2D eigenvalue weighted by atomic mass is 10.0. The lowest BCUT2D eigenvalue weighted by Gasteiger charge is -2.09. The summed E-state index contributed by atoms with van der Waals surface area (Å²) in [5.74, 6) is 0.699. The predicted molar refractivity (Wildman–Crippen MR) is 91.5 cm³/mol. The molecule has 0 aliphatic carbocycles. The number of nitrogens with one attached hydrogen (secondary N) is 1. The van der Waals surface area contributed by atoms with Crippen molar-refractivity contribution < 1.29 is 0 Å². The molecule has 0 radical (unpaired) electrons. The highest BCUT2D eigenvalue weighted by Gasteiger charge is 2.00. The zero-order valence-corrected chi connectivity index (χ0v) is 14.1. The topological polar surface area (TPSA) is 12.0 Å². The van der Waals surface area contributed by atoms with Crippen molar-refractivity contribution in [1.82, 2.24) is 0 Å². The predicted octanol–water partition coefficient (Wildman–Crippen LogP) is 5.91. The van der Waals surface area contributed by atoms with Gasteiger partial charge in [0.15, 0.2) is 0 Å². The minimum absolute atomic E-state index is 0.699. The van der Waals surface area contributed by atoms with Gasteiger partial charge in [0, 0.05) is 16.7 Å². The summed E-state index contributed by atoms with van der Waals surface area (Å²) in [6.45, 7) is 5.30. The molecule has 0 amide bonds. The lowest BCUT2D eigenvalue weighted by Crippen LogP contribution is -2.00. The number of anilines is 1. The van der Waals surface area contributed by atoms with Gasteiger partial charge in [0.05, 0.1) is 5.02 Å². The van der Waals surface area contributed by atoms with Gasteiger partial charge in [0.1, 0.15) is 0 Å². The van der Waals surface area contributed by atoms with E-state index in [0.717, 1.165) is 28.1 Å². The molecular weight excluding hydrogens is 334 g/mol. The third-order valence-electron chi connectivity index (χ3n) is 3.08. The summed E-state index contributed by atoms with van der Waals surface area (Å²) in [4.78, 5) is 0. The Morgan fingerprint density at radius 1 is 1.05 bits per heavy atom. The third-order valence-corrected chi connectivity index (χ3v) is 4.30. The average molecular weight is 353 g/mol. The Bertz CT molecular complexity index is 564. The van der Waals surface area contributed by atoms with Gasteiger partial charge in [-0.3, -0.25) is 0 Å². The summed E-state index contributed by atoms with van der Waals surface area (Å²) in [7, 11) is 0. The van der Waals surface area contributed by atoms with E-state index < -0.39 is 0 Å². The molecule has 1 N–H and O–H groups in total. The number of rotatable bonds is 5. The summed E-state index contributed by atoms with van der Waals surface area (Å²) in [6.07, 6.45) is 1.14. The Balaban J connectivity index is 1.95. The van der Waals surface area contributed by atoms with E-state index in [4.69, 9.17) is 11.6 Å². The minimum Gasteiger partial charge on any atom is -0.381 e. The SMILES string of the molecule is CC(C)Cc1ccc(CNc2ccc(Cl)c(Br)c2)cc1. The van der Waals surface area contributed by atoms with Crippen molar-refractivity contribution in [3.63, 3.8) is 0 Å². The fraction of sp³-hybridized carbons (Fsp3) is 0.294. The molecule has 2 aromatic carbocycles. The second-order valence-electron chi connectivity index (χ2n) is 5.40. The van der Waals surface area contributed by atoms with Crippen LogP contribution in [0.3, 0.4) is 0 Å². The van der Waals surface area contributed by atoms with Crippen LogP contribution >= 0.6 is 27.5 Å². The summed E-state index contributed by atoms with van der Waals surface area (Å²) in [5.41, 5.74) is 3.74. The highest BCUT2D eigenvalue weighted by Crippen LogP contribution is 2.25. The van der Waals surface area contributed by atoms with Crippen LogP contribution in [0.1, 0.15) is 25.0 Å². The number of halogens is 2. The van der Waals surface area contributed by atoms with Gasteiger partial charge in [0.25, 0.3) is 0 Å². The van der Waals surface area contributed by atoms with Crippen molar-refractivity contribution in [1.29, 1.82) is 0 Å². The summed E-state index contributed by atoms with van der Waals surface area (Å²) >= 11 is 9.41. The van der Waals surface area contributed by atoms with E-state index in [-0.39, 0.29) is 0 Å². The van der Waals surface area contributed by atoms with E-state index in [2.05, 4.69) is 59.4 Å². The van der Waals surface area contributed by atoms with Crippen molar-refractivity contribution in [2.24, 2.45) is 5.92 Å². The van der Waals surface area contributed by atoms with Crippen molar-refractivity contribution in [3.05, 3.63) is 63.1 Å². The third kappa shape index (κ3) is 4.53. The smallest absolute Gasteiger partial charge is 0.0549 e. The normalized spacial score (nSPS) is 10.8. The first-order valence-electron chi connectivity index (χ1n) is 6.81. The molecule has 0 bridgehead atoms. The quantitative estimate of drug-likeness (QED) is 0.705. The standard InChI is InChI=1S/C17H19BrClN/c1-12(2)9-13-3-5-14(6-4-13)11-20-15-7-8-17(19)16(18)10-15/h3-8,10,12,20H,9,11H2,1-2H3. The van der Waals surface area contributed by atoms with E-state index in [0.29, 0.717) is 5.92 Å². The molecule has 0 saturated heterocycles. The van der Waals surface area contributed by atoms with E-state index in [1.54, 1.807) is 0 Å². The van der Waals surface area contributed by atoms with Crippen LogP contribution in [0.5, 0.6) is 0 Å². The second kappa shape index (κ2) is 7.14. The Hall–Kier alpha value is -0.990. The van der Waals surface area contributed by atoms with Crippen LogP contribution in [-0.4, -0.2) is 0 Å². The second-order valence-corrected chi connectivity index (χ2v) is 6.66. The van der Waals surface area contributed by atoms with Gasteiger partial charge < -0.3 is 5.32 Å². The van der Waals surface area contributed by atoms with Gasteiger partial charge in [-0.25, -0.2) is 0 Å². The van der Waals surface area contributed by atoms with Crippen LogP contribution in [0.2, 0.25) is 5.02 Å². The van der Waals surface area contributed by atoms with Crippen molar-refractivity contribution in [3.8, 4) is 0 Å². The molecule has 0 aliphatic heterocycles. The zero-order chi connectivity index (χ0) is 14.5. The average Bonchev–Trinajstić information content (AvgIpc) is 2.41. The van der Waals surface area contributed by atoms with Crippen LogP contribution in [-0.2, 0) is 13.0 Å². The number of benzene rings is 2. The number of hydrogen-bond acceptors (Lipinski definition) is 1. The van der Waals surface area contributed by atoms with Gasteiger partial charge in [-0.15, -0.1) is 0 Å². The Kier molecular flexibility index (Phi) is 5.50. The fourth-order valence-corrected chi connectivity index (χ4v) is 2.57. The van der Waals surface area contributed by atoms with Crippen molar-refractivity contribution >= 4 is 33.2 Å². The van der Waals surface area contributed by atoms with Gasteiger partial charge in [-0.1, -0.05) is 49.7 Å². The van der Waals surface area contributed by atoms with Gasteiger partial charge in [-0.05, 0) is 57.6 Å². The summed E-state index contributed by atoms with van der Waals surface area (Å²) < 4.78 is 0.913. The van der Waals surface area contributed by atoms with Crippen molar-refractivity contribution in [2.75, 3.05) is 5.32 Å². The lowest BCUT2D eigenvalue weighted by molar-refractivity contribution is 0.647. The van der Waals surface area contributed by atoms with Crippen LogP contribution in [0.4, 0.5) is 5.69 Å². The Morgan fingerprint density at radius 3 is 2.30 bits per heavy atom. The zero-order valence-electron chi connectivity index (χ0n) is 11.8. The molecule has 0 fully saturated rings. The van der Waals surface area contributed by atoms with E-state index in [1.807, 2.05) is 18.2 Å². The highest BCUT2D eigenvalue weighted by molar-refractivity contribution is 9.10. The highest BCUT2D eigenvalue weighted by atomic mass is 79.9. The Labute approximate surface area is 134 Å². The molecule has 0 aliphatic rings. The molecular formula is C17H19BrClN. The summed E-state index contributed by atoms with van der Waals surface area (Å²) in [5, 5.41) is 4.13. The molecule has 20 heavy (non-hydrogen) atoms. The first-order valence-corrected chi connectivity index (χ1v) is 7.98. The maximum atomic E-state index is 5.98. The van der Waals surface area contributed by atoms with Gasteiger partial charge in [-0.2, -0.15) is 0 Å². The molecule has 0 heterocycles. The molecule has 0 aromatic heterocycles. The van der Waals surface area contributed by atoms with E-state index >= 15 is 0 Å². The molecule has 0 atom stereocenters. The van der Waals surface area contributed by atoms with E-state index in [1.165, 1.54) is 11.1 Å². The monoisotopic (exact) mass is 351 g/mol. The maximum Gasteiger partial charge on any atom is 0.0549 e. The van der Waals surface area contributed by atoms with Crippen LogP contribution in [0.25, 0.3) is 0 Å².